The lowest BCUT2D eigenvalue weighted by molar-refractivity contribution is -0.140. The smallest absolute Gasteiger partial charge is 0.387 e. The molecule has 1 heterocycles. The van der Waals surface area contributed by atoms with Crippen LogP contribution in [0.2, 0.25) is 5.02 Å². The Bertz CT molecular complexity index is 1160. The van der Waals surface area contributed by atoms with Crippen molar-refractivity contribution in [3.63, 3.8) is 0 Å². The molecule has 5 nitrogen and oxygen atoms in total. The fourth-order valence-electron chi connectivity index (χ4n) is 4.23. The van der Waals surface area contributed by atoms with Crippen LogP contribution in [-0.2, 0) is 6.18 Å². The molecule has 1 aromatic heterocycles. The van der Waals surface area contributed by atoms with Crippen molar-refractivity contribution in [1.29, 1.82) is 0 Å². The van der Waals surface area contributed by atoms with Crippen molar-refractivity contribution in [2.24, 2.45) is 0 Å². The lowest BCUT2D eigenvalue weighted by Crippen LogP contribution is -2.40. The van der Waals surface area contributed by atoms with Gasteiger partial charge < -0.3 is 16.0 Å². The fraction of sp³-hybridized carbons (Fsp3) is 0.333. The molecule has 1 saturated carbocycles. The van der Waals surface area contributed by atoms with Crippen molar-refractivity contribution < 1.29 is 18.0 Å². The fourth-order valence-corrected chi connectivity index (χ4v) is 4.40. The minimum Gasteiger partial charge on any atom is -0.387 e. The standard InChI is InChI=1S/C24H24ClF3N4O/c1-29-19-5-3-2-4-17(19)23(33)31-16-9-7-15(8-10-16)30-21-13-22(24(26,27)28)32-20-11-6-14(25)12-18(20)21/h2-6,11-13,15-16,29H,7-10H2,1H3,(H,30,32)(H,31,33). The molecule has 1 aliphatic rings. The summed E-state index contributed by atoms with van der Waals surface area (Å²) in [6.45, 7) is 0. The second-order valence-corrected chi connectivity index (χ2v) is 8.61. The van der Waals surface area contributed by atoms with Crippen molar-refractivity contribution in [2.45, 2.75) is 43.9 Å². The molecule has 0 atom stereocenters. The number of anilines is 2. The third-order valence-corrected chi connectivity index (χ3v) is 6.16. The first kappa shape index (κ1) is 23.2. The van der Waals surface area contributed by atoms with Gasteiger partial charge in [0.05, 0.1) is 11.1 Å². The van der Waals surface area contributed by atoms with Crippen LogP contribution in [0.4, 0.5) is 24.5 Å². The molecule has 33 heavy (non-hydrogen) atoms. The van der Waals surface area contributed by atoms with Gasteiger partial charge in [0.1, 0.15) is 5.69 Å². The minimum atomic E-state index is -4.55. The van der Waals surface area contributed by atoms with Crippen LogP contribution in [0.25, 0.3) is 10.9 Å². The highest BCUT2D eigenvalue weighted by Crippen LogP contribution is 2.35. The van der Waals surface area contributed by atoms with E-state index in [-0.39, 0.29) is 23.5 Å². The highest BCUT2D eigenvalue weighted by Gasteiger charge is 2.34. The number of alkyl halides is 3. The van der Waals surface area contributed by atoms with Gasteiger partial charge >= 0.3 is 6.18 Å². The number of para-hydroxylation sites is 1. The summed E-state index contributed by atoms with van der Waals surface area (Å²) in [4.78, 5) is 16.4. The van der Waals surface area contributed by atoms with E-state index < -0.39 is 11.9 Å². The van der Waals surface area contributed by atoms with Crippen LogP contribution in [-0.4, -0.2) is 30.0 Å². The van der Waals surface area contributed by atoms with E-state index in [0.29, 0.717) is 34.5 Å². The van der Waals surface area contributed by atoms with E-state index in [0.717, 1.165) is 24.6 Å². The summed E-state index contributed by atoms with van der Waals surface area (Å²) < 4.78 is 40.1. The Kier molecular flexibility index (Phi) is 6.65. The Morgan fingerprint density at radius 1 is 1.00 bits per heavy atom. The van der Waals surface area contributed by atoms with Crippen LogP contribution in [0.3, 0.4) is 0 Å². The molecule has 1 fully saturated rings. The number of hydrogen-bond donors (Lipinski definition) is 3. The van der Waals surface area contributed by atoms with Gasteiger partial charge in [0.25, 0.3) is 5.91 Å². The van der Waals surface area contributed by atoms with Gasteiger partial charge in [0, 0.05) is 40.9 Å². The number of fused-ring (bicyclic) bond motifs is 1. The van der Waals surface area contributed by atoms with Gasteiger partial charge in [-0.3, -0.25) is 4.79 Å². The number of pyridine rings is 1. The molecule has 0 aliphatic heterocycles. The van der Waals surface area contributed by atoms with Gasteiger partial charge in [0.2, 0.25) is 0 Å². The number of nitrogens with one attached hydrogen (secondary N) is 3. The first-order chi connectivity index (χ1) is 15.7. The van der Waals surface area contributed by atoms with Crippen LogP contribution in [0.5, 0.6) is 0 Å². The lowest BCUT2D eigenvalue weighted by atomic mass is 9.90. The number of halogens is 4. The van der Waals surface area contributed by atoms with Crippen LogP contribution < -0.4 is 16.0 Å². The molecular formula is C24H24ClF3N4O. The van der Waals surface area contributed by atoms with E-state index in [2.05, 4.69) is 20.9 Å². The van der Waals surface area contributed by atoms with Crippen LogP contribution in [0.15, 0.2) is 48.5 Å². The Morgan fingerprint density at radius 3 is 2.39 bits per heavy atom. The van der Waals surface area contributed by atoms with Crippen molar-refractivity contribution in [3.8, 4) is 0 Å². The number of aromatic nitrogens is 1. The Labute approximate surface area is 194 Å². The minimum absolute atomic E-state index is 0.00910. The van der Waals surface area contributed by atoms with Gasteiger partial charge in [0.15, 0.2) is 0 Å². The van der Waals surface area contributed by atoms with E-state index in [1.165, 1.54) is 12.1 Å². The summed E-state index contributed by atoms with van der Waals surface area (Å²) in [5.74, 6) is -0.138. The van der Waals surface area contributed by atoms with Crippen LogP contribution in [0.1, 0.15) is 41.7 Å². The van der Waals surface area contributed by atoms with Gasteiger partial charge in [-0.15, -0.1) is 0 Å². The van der Waals surface area contributed by atoms with Crippen LogP contribution in [0, 0.1) is 0 Å². The maximum absolute atomic E-state index is 13.4. The number of benzene rings is 2. The lowest BCUT2D eigenvalue weighted by Gasteiger charge is -2.31. The predicted octanol–water partition coefficient (Wildman–Crippen LogP) is 6.10. The topological polar surface area (TPSA) is 66.1 Å². The number of amides is 1. The van der Waals surface area contributed by atoms with E-state index in [1.807, 2.05) is 18.2 Å². The Morgan fingerprint density at radius 2 is 1.70 bits per heavy atom. The molecular weight excluding hydrogens is 453 g/mol. The number of hydrogen-bond acceptors (Lipinski definition) is 4. The number of nitrogens with zero attached hydrogens (tertiary/aromatic N) is 1. The molecule has 4 rings (SSSR count). The largest absolute Gasteiger partial charge is 0.433 e. The van der Waals surface area contributed by atoms with Crippen molar-refractivity contribution >= 4 is 39.8 Å². The molecule has 0 spiro atoms. The molecule has 174 valence electrons. The van der Waals surface area contributed by atoms with E-state index in [1.54, 1.807) is 19.2 Å². The van der Waals surface area contributed by atoms with Crippen molar-refractivity contribution in [1.82, 2.24) is 10.3 Å². The SMILES string of the molecule is CNc1ccccc1C(=O)NC1CCC(Nc2cc(C(F)(F)F)nc3ccc(Cl)cc23)CC1. The second kappa shape index (κ2) is 9.47. The zero-order valence-electron chi connectivity index (χ0n) is 18.0. The normalized spacial score (nSPS) is 18.7. The van der Waals surface area contributed by atoms with E-state index >= 15 is 0 Å². The van der Waals surface area contributed by atoms with Crippen LogP contribution >= 0.6 is 11.6 Å². The molecule has 1 amide bonds. The zero-order chi connectivity index (χ0) is 23.6. The zero-order valence-corrected chi connectivity index (χ0v) is 18.7. The van der Waals surface area contributed by atoms with Crippen molar-refractivity contribution in [3.05, 3.63) is 64.8 Å². The summed E-state index contributed by atoms with van der Waals surface area (Å²) in [6, 6.07) is 13.0. The van der Waals surface area contributed by atoms with Gasteiger partial charge in [-0.25, -0.2) is 4.98 Å². The van der Waals surface area contributed by atoms with E-state index in [9.17, 15) is 18.0 Å². The summed E-state index contributed by atoms with van der Waals surface area (Å²) in [5.41, 5.74) is 1.00. The number of carbonyl (C=O) groups excluding carboxylic acids is 1. The monoisotopic (exact) mass is 476 g/mol. The first-order valence-electron chi connectivity index (χ1n) is 10.8. The molecule has 9 heteroatoms. The third-order valence-electron chi connectivity index (χ3n) is 5.92. The summed E-state index contributed by atoms with van der Waals surface area (Å²) in [6.07, 6.45) is -1.67. The average molecular weight is 477 g/mol. The molecule has 0 bridgehead atoms. The summed E-state index contributed by atoms with van der Waals surface area (Å²) >= 11 is 6.08. The maximum atomic E-state index is 13.4. The van der Waals surface area contributed by atoms with Gasteiger partial charge in [-0.05, 0) is 62.1 Å². The molecule has 1 aliphatic carbocycles. The molecule has 0 saturated heterocycles. The van der Waals surface area contributed by atoms with Gasteiger partial charge in [-0.2, -0.15) is 13.2 Å². The molecule has 0 radical (unpaired) electrons. The second-order valence-electron chi connectivity index (χ2n) is 8.18. The highest BCUT2D eigenvalue weighted by atomic mass is 35.5. The Balaban J connectivity index is 1.45. The molecule has 2 aromatic carbocycles. The van der Waals surface area contributed by atoms with Gasteiger partial charge in [-0.1, -0.05) is 23.7 Å². The quantitative estimate of drug-likeness (QED) is 0.416. The highest BCUT2D eigenvalue weighted by molar-refractivity contribution is 6.31. The van der Waals surface area contributed by atoms with E-state index in [4.69, 9.17) is 11.6 Å². The molecule has 3 N–H and O–H groups in total. The number of rotatable bonds is 5. The summed E-state index contributed by atoms with van der Waals surface area (Å²) in [7, 11) is 1.77. The predicted molar refractivity (Wildman–Crippen MR) is 125 cm³/mol. The molecule has 3 aromatic rings. The van der Waals surface area contributed by atoms with Crippen molar-refractivity contribution in [2.75, 3.05) is 17.7 Å². The first-order valence-corrected chi connectivity index (χ1v) is 11.1. The maximum Gasteiger partial charge on any atom is 0.433 e. The Hall–Kier alpha value is -3.00. The number of carbonyl (C=O) groups is 1. The summed E-state index contributed by atoms with van der Waals surface area (Å²) in [5, 5.41) is 10.3. The molecule has 0 unspecified atom stereocenters. The third kappa shape index (κ3) is 5.33. The average Bonchev–Trinajstić information content (AvgIpc) is 2.79.